The molecule has 86 valence electrons. The molecule has 2 aromatic rings. The van der Waals surface area contributed by atoms with Crippen molar-refractivity contribution in [2.24, 2.45) is 0 Å². The Labute approximate surface area is 98.1 Å². The average Bonchev–Trinajstić information content (AvgIpc) is 2.84. The van der Waals surface area contributed by atoms with E-state index in [2.05, 4.69) is 15.3 Å². The zero-order valence-electron chi connectivity index (χ0n) is 9.07. The molecule has 1 aromatic heterocycles. The molecule has 1 heterocycles. The number of rotatable bonds is 4. The molecule has 0 atom stereocenters. The summed E-state index contributed by atoms with van der Waals surface area (Å²) in [5, 5.41) is 11.6. The van der Waals surface area contributed by atoms with Crippen LogP contribution >= 0.6 is 0 Å². The van der Waals surface area contributed by atoms with Crippen LogP contribution in [0.3, 0.4) is 0 Å². The Balaban J connectivity index is 1.93. The van der Waals surface area contributed by atoms with Gasteiger partial charge in [0.05, 0.1) is 23.6 Å². The van der Waals surface area contributed by atoms with E-state index >= 15 is 0 Å². The molecular weight excluding hydrogens is 219 g/mol. The first-order valence-corrected chi connectivity index (χ1v) is 5.20. The Morgan fingerprint density at radius 2 is 2.35 bits per heavy atom. The molecule has 0 aliphatic carbocycles. The molecule has 0 saturated heterocycles. The fourth-order valence-electron chi connectivity index (χ4n) is 1.48. The van der Waals surface area contributed by atoms with Crippen molar-refractivity contribution in [3.05, 3.63) is 47.8 Å². The number of halogens is 1. The van der Waals surface area contributed by atoms with Crippen molar-refractivity contribution < 1.29 is 4.39 Å². The molecule has 2 N–H and O–H groups in total. The molecule has 0 aliphatic heterocycles. The normalized spacial score (nSPS) is 9.88. The summed E-state index contributed by atoms with van der Waals surface area (Å²) in [6.45, 7) is 0.602. The smallest absolute Gasteiger partial charge is 0.147 e. The van der Waals surface area contributed by atoms with E-state index in [-0.39, 0.29) is 0 Å². The number of hydrogen-bond acceptors (Lipinski definition) is 3. The number of H-pyrrole nitrogens is 1. The third-order valence-electron chi connectivity index (χ3n) is 2.36. The quantitative estimate of drug-likeness (QED) is 0.845. The molecule has 0 aliphatic rings. The van der Waals surface area contributed by atoms with Crippen LogP contribution in [0.15, 0.2) is 30.7 Å². The molecular formula is C12H11FN4. The maximum Gasteiger partial charge on any atom is 0.147 e. The topological polar surface area (TPSA) is 64.5 Å². The van der Waals surface area contributed by atoms with Crippen molar-refractivity contribution in [3.63, 3.8) is 0 Å². The van der Waals surface area contributed by atoms with Crippen molar-refractivity contribution in [1.29, 1.82) is 5.26 Å². The lowest BCUT2D eigenvalue weighted by Gasteiger charge is -2.06. The second-order valence-electron chi connectivity index (χ2n) is 3.56. The number of aromatic nitrogens is 2. The zero-order chi connectivity index (χ0) is 12.1. The van der Waals surface area contributed by atoms with Gasteiger partial charge in [-0.05, 0) is 18.2 Å². The van der Waals surface area contributed by atoms with E-state index in [0.717, 1.165) is 12.1 Å². The first kappa shape index (κ1) is 11.1. The molecule has 5 heteroatoms. The third-order valence-corrected chi connectivity index (χ3v) is 2.36. The number of nitrogens with zero attached hydrogens (tertiary/aromatic N) is 2. The SMILES string of the molecule is N#Cc1ccc(NCCc2cnc[nH]2)c(F)c1. The van der Waals surface area contributed by atoms with Crippen LogP contribution in [0.4, 0.5) is 10.1 Å². The second kappa shape index (κ2) is 5.12. The molecule has 0 saturated carbocycles. The minimum Gasteiger partial charge on any atom is -0.382 e. The Hall–Kier alpha value is -2.35. The number of imidazole rings is 1. The van der Waals surface area contributed by atoms with Crippen LogP contribution in [-0.4, -0.2) is 16.5 Å². The van der Waals surface area contributed by atoms with Crippen molar-refractivity contribution in [2.45, 2.75) is 6.42 Å². The first-order chi connectivity index (χ1) is 8.29. The van der Waals surface area contributed by atoms with Gasteiger partial charge in [0.25, 0.3) is 0 Å². The molecule has 2 rings (SSSR count). The van der Waals surface area contributed by atoms with E-state index in [9.17, 15) is 4.39 Å². The lowest BCUT2D eigenvalue weighted by Crippen LogP contribution is -2.06. The molecule has 0 radical (unpaired) electrons. The van der Waals surface area contributed by atoms with Gasteiger partial charge in [-0.1, -0.05) is 0 Å². The molecule has 1 aromatic carbocycles. The second-order valence-corrected chi connectivity index (χ2v) is 3.56. The summed E-state index contributed by atoms with van der Waals surface area (Å²) < 4.78 is 13.5. The van der Waals surface area contributed by atoms with Gasteiger partial charge in [0.15, 0.2) is 0 Å². The number of hydrogen-bond donors (Lipinski definition) is 2. The Morgan fingerprint density at radius 3 is 3.00 bits per heavy atom. The average molecular weight is 230 g/mol. The summed E-state index contributed by atoms with van der Waals surface area (Å²) in [6.07, 6.45) is 4.08. The highest BCUT2D eigenvalue weighted by atomic mass is 19.1. The number of anilines is 1. The lowest BCUT2D eigenvalue weighted by molar-refractivity contribution is 0.629. The number of nitrogens with one attached hydrogen (secondary N) is 2. The number of nitriles is 1. The third kappa shape index (κ3) is 2.82. The maximum atomic E-state index is 13.5. The van der Waals surface area contributed by atoms with Gasteiger partial charge < -0.3 is 10.3 Å². The highest BCUT2D eigenvalue weighted by molar-refractivity contribution is 5.48. The van der Waals surface area contributed by atoms with E-state index in [1.807, 2.05) is 6.07 Å². The van der Waals surface area contributed by atoms with Gasteiger partial charge in [-0.2, -0.15) is 5.26 Å². The van der Waals surface area contributed by atoms with E-state index in [0.29, 0.717) is 17.8 Å². The standard InChI is InChI=1S/C12H11FN4/c13-11-5-9(6-14)1-2-12(11)16-4-3-10-7-15-8-17-10/h1-2,5,7-8,16H,3-4H2,(H,15,17). The summed E-state index contributed by atoms with van der Waals surface area (Å²) in [7, 11) is 0. The summed E-state index contributed by atoms with van der Waals surface area (Å²) in [6, 6.07) is 6.27. The van der Waals surface area contributed by atoms with Gasteiger partial charge >= 0.3 is 0 Å². The van der Waals surface area contributed by atoms with Crippen LogP contribution in [0.2, 0.25) is 0 Å². The fraction of sp³-hybridized carbons (Fsp3) is 0.167. The monoisotopic (exact) mass is 230 g/mol. The number of benzene rings is 1. The van der Waals surface area contributed by atoms with Crippen molar-refractivity contribution >= 4 is 5.69 Å². The highest BCUT2D eigenvalue weighted by Crippen LogP contribution is 2.15. The molecule has 0 spiro atoms. The Kier molecular flexibility index (Phi) is 3.36. The van der Waals surface area contributed by atoms with Gasteiger partial charge in [0.1, 0.15) is 5.82 Å². The van der Waals surface area contributed by atoms with Crippen LogP contribution in [-0.2, 0) is 6.42 Å². The minimum absolute atomic E-state index is 0.321. The van der Waals surface area contributed by atoms with Gasteiger partial charge in [-0.3, -0.25) is 0 Å². The predicted octanol–water partition coefficient (Wildman–Crippen LogP) is 2.08. The summed E-state index contributed by atoms with van der Waals surface area (Å²) >= 11 is 0. The molecule has 0 bridgehead atoms. The minimum atomic E-state index is -0.409. The molecule has 0 amide bonds. The van der Waals surface area contributed by atoms with E-state index in [1.54, 1.807) is 24.7 Å². The van der Waals surface area contributed by atoms with E-state index in [1.165, 1.54) is 6.07 Å². The van der Waals surface area contributed by atoms with E-state index in [4.69, 9.17) is 5.26 Å². The fourth-order valence-corrected chi connectivity index (χ4v) is 1.48. The van der Waals surface area contributed by atoms with Gasteiger partial charge in [-0.25, -0.2) is 9.37 Å². The predicted molar refractivity (Wildman–Crippen MR) is 61.9 cm³/mol. The molecule has 0 fully saturated rings. The number of aromatic amines is 1. The van der Waals surface area contributed by atoms with Crippen LogP contribution in [0.1, 0.15) is 11.3 Å². The Morgan fingerprint density at radius 1 is 1.47 bits per heavy atom. The summed E-state index contributed by atoms with van der Waals surface area (Å²) in [5.41, 5.74) is 1.72. The zero-order valence-corrected chi connectivity index (χ0v) is 9.07. The van der Waals surface area contributed by atoms with Crippen LogP contribution in [0.25, 0.3) is 0 Å². The Bertz CT molecular complexity index is 528. The van der Waals surface area contributed by atoms with Crippen LogP contribution in [0.5, 0.6) is 0 Å². The van der Waals surface area contributed by atoms with E-state index < -0.39 is 5.82 Å². The maximum absolute atomic E-state index is 13.5. The van der Waals surface area contributed by atoms with Crippen LogP contribution in [0, 0.1) is 17.1 Å². The molecule has 17 heavy (non-hydrogen) atoms. The van der Waals surface area contributed by atoms with Crippen molar-refractivity contribution in [3.8, 4) is 6.07 Å². The van der Waals surface area contributed by atoms with Crippen LogP contribution < -0.4 is 5.32 Å². The summed E-state index contributed by atoms with van der Waals surface area (Å²) in [4.78, 5) is 6.86. The first-order valence-electron chi connectivity index (χ1n) is 5.20. The summed E-state index contributed by atoms with van der Waals surface area (Å²) in [5.74, 6) is -0.409. The molecule has 0 unspecified atom stereocenters. The van der Waals surface area contributed by atoms with Gasteiger partial charge in [-0.15, -0.1) is 0 Å². The van der Waals surface area contributed by atoms with Crippen molar-refractivity contribution in [1.82, 2.24) is 9.97 Å². The lowest BCUT2D eigenvalue weighted by atomic mass is 10.2. The highest BCUT2D eigenvalue weighted by Gasteiger charge is 2.02. The van der Waals surface area contributed by atoms with Crippen molar-refractivity contribution in [2.75, 3.05) is 11.9 Å². The largest absolute Gasteiger partial charge is 0.382 e. The van der Waals surface area contributed by atoms with Gasteiger partial charge in [0, 0.05) is 24.9 Å². The molecule has 4 nitrogen and oxygen atoms in total. The van der Waals surface area contributed by atoms with Gasteiger partial charge in [0.2, 0.25) is 0 Å².